The van der Waals surface area contributed by atoms with Crippen molar-refractivity contribution in [3.63, 3.8) is 0 Å². The summed E-state index contributed by atoms with van der Waals surface area (Å²) in [5, 5.41) is 3.32. The van der Waals surface area contributed by atoms with Crippen LogP contribution in [0.5, 0.6) is 0 Å². The predicted octanol–water partition coefficient (Wildman–Crippen LogP) is 3.12. The second-order valence-corrected chi connectivity index (χ2v) is 4.65. The van der Waals surface area contributed by atoms with Crippen LogP contribution in [0.1, 0.15) is 39.0 Å². The number of likely N-dealkylation sites (N-methyl/N-ethyl adjacent to an activating group) is 1. The van der Waals surface area contributed by atoms with Gasteiger partial charge in [-0.25, -0.2) is 0 Å². The molecule has 1 atom stereocenters. The highest BCUT2D eigenvalue weighted by Crippen LogP contribution is 2.28. The zero-order valence-electron chi connectivity index (χ0n) is 10.4. The number of ether oxygens (including phenoxy) is 1. The summed E-state index contributed by atoms with van der Waals surface area (Å²) in [6.07, 6.45) is -0.164. The molecule has 1 unspecified atom stereocenters. The van der Waals surface area contributed by atoms with Crippen molar-refractivity contribution in [1.29, 1.82) is 0 Å². The molecule has 0 amide bonds. The Hall–Kier alpha value is -0.290. The van der Waals surface area contributed by atoms with Crippen molar-refractivity contribution in [2.75, 3.05) is 19.8 Å². The molecule has 1 N–H and O–H groups in total. The number of alkyl halides is 3. The van der Waals surface area contributed by atoms with Crippen molar-refractivity contribution in [2.24, 2.45) is 5.92 Å². The summed E-state index contributed by atoms with van der Waals surface area (Å²) in [6.45, 7) is 3.02. The highest BCUT2D eigenvalue weighted by atomic mass is 19.4. The number of hydrogen-bond donors (Lipinski definition) is 1. The van der Waals surface area contributed by atoms with Gasteiger partial charge in [0.1, 0.15) is 0 Å². The standard InChI is InChI=1S/C12H22F3NO/c1-2-16-11(10-5-3-4-6-10)9-17-8-7-12(13,14)15/h10-11,16H,2-9H2,1H3. The fourth-order valence-electron chi connectivity index (χ4n) is 2.38. The van der Waals surface area contributed by atoms with E-state index in [0.717, 1.165) is 6.54 Å². The summed E-state index contributed by atoms with van der Waals surface area (Å²) in [5.74, 6) is 0.570. The molecule has 0 saturated heterocycles. The number of nitrogens with one attached hydrogen (secondary N) is 1. The first kappa shape index (κ1) is 14.8. The Morgan fingerprint density at radius 1 is 1.29 bits per heavy atom. The topological polar surface area (TPSA) is 21.3 Å². The molecule has 0 aromatic rings. The number of halogens is 3. The molecule has 2 nitrogen and oxygen atoms in total. The summed E-state index contributed by atoms with van der Waals surface area (Å²) in [4.78, 5) is 0. The molecule has 0 aromatic carbocycles. The zero-order valence-corrected chi connectivity index (χ0v) is 10.4. The Kier molecular flexibility index (Phi) is 6.27. The van der Waals surface area contributed by atoms with E-state index in [1.165, 1.54) is 25.7 Å². The first-order valence-corrected chi connectivity index (χ1v) is 6.41. The second-order valence-electron chi connectivity index (χ2n) is 4.65. The lowest BCUT2D eigenvalue weighted by atomic mass is 9.99. The van der Waals surface area contributed by atoms with Crippen molar-refractivity contribution in [3.05, 3.63) is 0 Å². The second kappa shape index (κ2) is 7.21. The van der Waals surface area contributed by atoms with E-state index < -0.39 is 12.6 Å². The van der Waals surface area contributed by atoms with Gasteiger partial charge >= 0.3 is 6.18 Å². The largest absolute Gasteiger partial charge is 0.391 e. The Balaban J connectivity index is 2.20. The molecule has 5 heteroatoms. The van der Waals surface area contributed by atoms with E-state index in [0.29, 0.717) is 12.5 Å². The van der Waals surface area contributed by atoms with Crippen LogP contribution in [0.15, 0.2) is 0 Å². The number of rotatable bonds is 7. The minimum atomic E-state index is -4.11. The molecular weight excluding hydrogens is 231 g/mol. The van der Waals surface area contributed by atoms with Gasteiger partial charge in [-0.2, -0.15) is 13.2 Å². The highest BCUT2D eigenvalue weighted by Gasteiger charge is 2.28. The maximum Gasteiger partial charge on any atom is 0.391 e. The molecule has 0 radical (unpaired) electrons. The predicted molar refractivity (Wildman–Crippen MR) is 60.9 cm³/mol. The SMILES string of the molecule is CCNC(COCCC(F)(F)F)C1CCCC1. The van der Waals surface area contributed by atoms with Crippen molar-refractivity contribution in [3.8, 4) is 0 Å². The fourth-order valence-corrected chi connectivity index (χ4v) is 2.38. The van der Waals surface area contributed by atoms with E-state index >= 15 is 0 Å². The van der Waals surface area contributed by atoms with Crippen LogP contribution in [0, 0.1) is 5.92 Å². The third kappa shape index (κ3) is 6.27. The van der Waals surface area contributed by atoms with E-state index in [2.05, 4.69) is 5.32 Å². The minimum absolute atomic E-state index is 0.218. The Morgan fingerprint density at radius 2 is 1.94 bits per heavy atom. The molecule has 1 rings (SSSR count). The molecule has 1 fully saturated rings. The molecule has 102 valence electrons. The molecule has 1 saturated carbocycles. The van der Waals surface area contributed by atoms with Crippen LogP contribution < -0.4 is 5.32 Å². The van der Waals surface area contributed by atoms with Crippen molar-refractivity contribution in [2.45, 2.75) is 51.2 Å². The molecule has 17 heavy (non-hydrogen) atoms. The first-order valence-electron chi connectivity index (χ1n) is 6.41. The van der Waals surface area contributed by atoms with Gasteiger partial charge in [-0.1, -0.05) is 19.8 Å². The molecule has 0 aliphatic heterocycles. The van der Waals surface area contributed by atoms with Crippen LogP contribution in [0.25, 0.3) is 0 Å². The van der Waals surface area contributed by atoms with E-state index in [-0.39, 0.29) is 12.6 Å². The summed E-state index contributed by atoms with van der Waals surface area (Å²) < 4.78 is 41.0. The van der Waals surface area contributed by atoms with Gasteiger partial charge in [0, 0.05) is 6.04 Å². The van der Waals surface area contributed by atoms with E-state index in [1.54, 1.807) is 0 Å². The lowest BCUT2D eigenvalue weighted by Gasteiger charge is -2.24. The maximum absolute atomic E-state index is 11.9. The maximum atomic E-state index is 11.9. The quantitative estimate of drug-likeness (QED) is 0.704. The van der Waals surface area contributed by atoms with Crippen LogP contribution >= 0.6 is 0 Å². The van der Waals surface area contributed by atoms with Crippen LogP contribution in [-0.4, -0.2) is 32.0 Å². The highest BCUT2D eigenvalue weighted by molar-refractivity contribution is 4.80. The normalized spacial score (nSPS) is 19.8. The van der Waals surface area contributed by atoms with Gasteiger partial charge in [0.05, 0.1) is 19.6 Å². The van der Waals surface area contributed by atoms with Gasteiger partial charge in [-0.3, -0.25) is 0 Å². The molecule has 0 aromatic heterocycles. The lowest BCUT2D eigenvalue weighted by Crippen LogP contribution is -2.39. The van der Waals surface area contributed by atoms with Gasteiger partial charge < -0.3 is 10.1 Å². The van der Waals surface area contributed by atoms with Crippen LogP contribution in [0.2, 0.25) is 0 Å². The van der Waals surface area contributed by atoms with Gasteiger partial charge in [0.25, 0.3) is 0 Å². The zero-order chi connectivity index (χ0) is 12.7. The van der Waals surface area contributed by atoms with Crippen LogP contribution in [0.3, 0.4) is 0 Å². The van der Waals surface area contributed by atoms with E-state index in [4.69, 9.17) is 4.74 Å². The average Bonchev–Trinajstić information content (AvgIpc) is 2.74. The molecule has 0 spiro atoms. The van der Waals surface area contributed by atoms with Crippen molar-refractivity contribution < 1.29 is 17.9 Å². The third-order valence-electron chi connectivity index (χ3n) is 3.26. The molecular formula is C12H22F3NO. The average molecular weight is 253 g/mol. The van der Waals surface area contributed by atoms with Gasteiger partial charge in [-0.15, -0.1) is 0 Å². The fraction of sp³-hybridized carbons (Fsp3) is 1.00. The molecule has 1 aliphatic rings. The lowest BCUT2D eigenvalue weighted by molar-refractivity contribution is -0.145. The van der Waals surface area contributed by atoms with Crippen LogP contribution in [-0.2, 0) is 4.74 Å². The third-order valence-corrected chi connectivity index (χ3v) is 3.26. The Bertz CT molecular complexity index is 202. The van der Waals surface area contributed by atoms with Gasteiger partial charge in [0.2, 0.25) is 0 Å². The summed E-state index contributed by atoms with van der Waals surface area (Å²) in [6, 6.07) is 0.218. The monoisotopic (exact) mass is 253 g/mol. The van der Waals surface area contributed by atoms with E-state index in [1.807, 2.05) is 6.92 Å². The number of hydrogen-bond acceptors (Lipinski definition) is 2. The minimum Gasteiger partial charge on any atom is -0.379 e. The Morgan fingerprint density at radius 3 is 2.47 bits per heavy atom. The molecule has 0 bridgehead atoms. The van der Waals surface area contributed by atoms with Gasteiger partial charge in [0.15, 0.2) is 0 Å². The van der Waals surface area contributed by atoms with E-state index in [9.17, 15) is 13.2 Å². The van der Waals surface area contributed by atoms with Crippen LogP contribution in [0.4, 0.5) is 13.2 Å². The summed E-state index contributed by atoms with van der Waals surface area (Å²) >= 11 is 0. The van der Waals surface area contributed by atoms with Crippen molar-refractivity contribution in [1.82, 2.24) is 5.32 Å². The summed E-state index contributed by atoms with van der Waals surface area (Å²) in [7, 11) is 0. The first-order chi connectivity index (χ1) is 8.03. The Labute approximate surface area is 101 Å². The molecule has 1 aliphatic carbocycles. The summed E-state index contributed by atoms with van der Waals surface area (Å²) in [5.41, 5.74) is 0. The smallest absolute Gasteiger partial charge is 0.379 e. The van der Waals surface area contributed by atoms with Gasteiger partial charge in [-0.05, 0) is 25.3 Å². The molecule has 0 heterocycles. The van der Waals surface area contributed by atoms with Crippen molar-refractivity contribution >= 4 is 0 Å².